The van der Waals surface area contributed by atoms with Gasteiger partial charge in [-0.3, -0.25) is 4.72 Å². The Hall–Kier alpha value is -4.24. The first-order valence-electron chi connectivity index (χ1n) is 10.1. The second kappa shape index (κ2) is 8.71. The van der Waals surface area contributed by atoms with Gasteiger partial charge in [-0.15, -0.1) is 0 Å². The van der Waals surface area contributed by atoms with Crippen molar-refractivity contribution < 1.29 is 17.5 Å². The molecule has 0 aliphatic rings. The SMILES string of the molecule is O=S(=O)(Nc1ccccc1-c1ccccc1)c1cccc(-c2nc(Cc3ccno3)no2)c1. The van der Waals surface area contributed by atoms with E-state index in [0.717, 1.165) is 11.1 Å². The van der Waals surface area contributed by atoms with Crippen molar-refractivity contribution in [1.82, 2.24) is 15.3 Å². The van der Waals surface area contributed by atoms with Gasteiger partial charge in [0, 0.05) is 17.2 Å². The molecule has 0 amide bonds. The minimum Gasteiger partial charge on any atom is -0.361 e. The number of nitrogens with zero attached hydrogens (tertiary/aromatic N) is 3. The van der Waals surface area contributed by atoms with E-state index in [1.165, 1.54) is 18.3 Å². The number of benzene rings is 3. The van der Waals surface area contributed by atoms with Gasteiger partial charge in [0.25, 0.3) is 15.9 Å². The average molecular weight is 458 g/mol. The van der Waals surface area contributed by atoms with Gasteiger partial charge in [0.2, 0.25) is 0 Å². The van der Waals surface area contributed by atoms with Gasteiger partial charge in [0.15, 0.2) is 5.82 Å². The molecular weight excluding hydrogens is 440 g/mol. The van der Waals surface area contributed by atoms with E-state index in [2.05, 4.69) is 20.0 Å². The first-order chi connectivity index (χ1) is 16.1. The number of rotatable bonds is 7. The Labute approximate surface area is 189 Å². The molecule has 0 radical (unpaired) electrons. The maximum absolute atomic E-state index is 13.2. The highest BCUT2D eigenvalue weighted by Crippen LogP contribution is 2.30. The lowest BCUT2D eigenvalue weighted by atomic mass is 10.0. The molecular formula is C24H18N4O4S. The summed E-state index contributed by atoms with van der Waals surface area (Å²) in [5.74, 6) is 1.22. The molecule has 1 N–H and O–H groups in total. The molecule has 164 valence electrons. The Morgan fingerprint density at radius 2 is 1.61 bits per heavy atom. The van der Waals surface area contributed by atoms with E-state index in [9.17, 15) is 8.42 Å². The zero-order chi connectivity index (χ0) is 22.7. The average Bonchev–Trinajstić information content (AvgIpc) is 3.53. The monoisotopic (exact) mass is 458 g/mol. The number of sulfonamides is 1. The molecule has 8 nitrogen and oxygen atoms in total. The van der Waals surface area contributed by atoms with Crippen LogP contribution in [0.3, 0.4) is 0 Å². The molecule has 2 heterocycles. The standard InChI is InChI=1S/C24H18N4O4S/c29-33(30,28-22-12-5-4-11-21(22)17-7-2-1-3-8-17)20-10-6-9-18(15-20)24-26-23(27-32-24)16-19-13-14-25-31-19/h1-15,28H,16H2. The third-order valence-corrected chi connectivity index (χ3v) is 6.30. The first-order valence-corrected chi connectivity index (χ1v) is 11.6. The van der Waals surface area contributed by atoms with Crippen molar-refractivity contribution in [3.8, 4) is 22.6 Å². The van der Waals surface area contributed by atoms with Gasteiger partial charge >= 0.3 is 0 Å². The molecule has 0 aliphatic heterocycles. The molecule has 0 spiro atoms. The van der Waals surface area contributed by atoms with Crippen molar-refractivity contribution in [2.75, 3.05) is 4.72 Å². The number of anilines is 1. The third-order valence-electron chi connectivity index (χ3n) is 4.94. The van der Waals surface area contributed by atoms with E-state index in [4.69, 9.17) is 9.05 Å². The first kappa shape index (κ1) is 20.7. The Morgan fingerprint density at radius 1 is 0.818 bits per heavy atom. The van der Waals surface area contributed by atoms with Crippen molar-refractivity contribution in [2.24, 2.45) is 0 Å². The second-order valence-electron chi connectivity index (χ2n) is 7.22. The maximum atomic E-state index is 13.2. The molecule has 0 unspecified atom stereocenters. The molecule has 0 fully saturated rings. The molecule has 0 saturated heterocycles. The Bertz CT molecular complexity index is 1480. The zero-order valence-corrected chi connectivity index (χ0v) is 18.1. The minimum absolute atomic E-state index is 0.0813. The molecule has 2 aromatic heterocycles. The number of hydrogen-bond acceptors (Lipinski definition) is 7. The van der Waals surface area contributed by atoms with Crippen molar-refractivity contribution in [3.63, 3.8) is 0 Å². The highest BCUT2D eigenvalue weighted by Gasteiger charge is 2.19. The van der Waals surface area contributed by atoms with Gasteiger partial charge in [-0.2, -0.15) is 4.98 Å². The summed E-state index contributed by atoms with van der Waals surface area (Å²) >= 11 is 0. The van der Waals surface area contributed by atoms with Gasteiger partial charge in [-0.1, -0.05) is 64.9 Å². The van der Waals surface area contributed by atoms with Crippen LogP contribution in [0.15, 0.2) is 105 Å². The summed E-state index contributed by atoms with van der Waals surface area (Å²) in [5, 5.41) is 7.58. The van der Waals surface area contributed by atoms with Gasteiger partial charge in [-0.05, 0) is 29.8 Å². The van der Waals surface area contributed by atoms with E-state index >= 15 is 0 Å². The molecule has 33 heavy (non-hydrogen) atoms. The summed E-state index contributed by atoms with van der Waals surface area (Å²) in [7, 11) is -3.87. The lowest BCUT2D eigenvalue weighted by Crippen LogP contribution is -2.13. The lowest BCUT2D eigenvalue weighted by molar-refractivity contribution is 0.382. The normalized spacial score (nSPS) is 11.4. The van der Waals surface area contributed by atoms with Crippen LogP contribution in [0.2, 0.25) is 0 Å². The van der Waals surface area contributed by atoms with Gasteiger partial charge in [-0.25, -0.2) is 8.42 Å². The van der Waals surface area contributed by atoms with Gasteiger partial charge in [0.1, 0.15) is 5.76 Å². The topological polar surface area (TPSA) is 111 Å². The summed E-state index contributed by atoms with van der Waals surface area (Å²) < 4.78 is 39.5. The van der Waals surface area contributed by atoms with Gasteiger partial charge in [0.05, 0.1) is 23.2 Å². The molecule has 0 bridgehead atoms. The quantitative estimate of drug-likeness (QED) is 0.373. The van der Waals surface area contributed by atoms with E-state index in [-0.39, 0.29) is 10.8 Å². The van der Waals surface area contributed by atoms with E-state index in [1.807, 2.05) is 42.5 Å². The number of hydrogen-bond donors (Lipinski definition) is 1. The summed E-state index contributed by atoms with van der Waals surface area (Å²) in [6.07, 6.45) is 1.85. The van der Waals surface area contributed by atoms with Crippen LogP contribution in [0, 0.1) is 0 Å². The summed E-state index contributed by atoms with van der Waals surface area (Å²) in [5.41, 5.74) is 2.67. The molecule has 9 heteroatoms. The predicted octanol–water partition coefficient (Wildman–Crippen LogP) is 4.78. The fourth-order valence-electron chi connectivity index (χ4n) is 3.37. The van der Waals surface area contributed by atoms with E-state index < -0.39 is 10.0 Å². The molecule has 5 rings (SSSR count). The predicted molar refractivity (Wildman–Crippen MR) is 122 cm³/mol. The highest BCUT2D eigenvalue weighted by atomic mass is 32.2. The molecule has 0 saturated carbocycles. The molecule has 0 aliphatic carbocycles. The Kier molecular flexibility index (Phi) is 5.45. The van der Waals surface area contributed by atoms with Crippen LogP contribution >= 0.6 is 0 Å². The zero-order valence-electron chi connectivity index (χ0n) is 17.3. The summed E-state index contributed by atoms with van der Waals surface area (Å²) in [4.78, 5) is 4.42. The van der Waals surface area contributed by atoms with Crippen LogP contribution in [0.25, 0.3) is 22.6 Å². The van der Waals surface area contributed by atoms with E-state index in [0.29, 0.717) is 29.3 Å². The fraction of sp³-hybridized carbons (Fsp3) is 0.0417. The summed E-state index contributed by atoms with van der Waals surface area (Å²) in [6.45, 7) is 0. The molecule has 0 atom stereocenters. The van der Waals surface area contributed by atoms with Crippen molar-refractivity contribution in [3.05, 3.63) is 103 Å². The minimum atomic E-state index is -3.87. The number of nitrogens with one attached hydrogen (secondary N) is 1. The number of para-hydroxylation sites is 1. The van der Waals surface area contributed by atoms with Crippen LogP contribution < -0.4 is 4.72 Å². The van der Waals surface area contributed by atoms with Gasteiger partial charge < -0.3 is 9.05 Å². The largest absolute Gasteiger partial charge is 0.361 e. The molecule has 3 aromatic carbocycles. The van der Waals surface area contributed by atoms with Crippen molar-refractivity contribution >= 4 is 15.7 Å². The third kappa shape index (κ3) is 4.53. The van der Waals surface area contributed by atoms with Crippen LogP contribution in [0.4, 0.5) is 5.69 Å². The fourth-order valence-corrected chi connectivity index (χ4v) is 4.50. The second-order valence-corrected chi connectivity index (χ2v) is 8.90. The summed E-state index contributed by atoms with van der Waals surface area (Å²) in [6, 6.07) is 24.9. The van der Waals surface area contributed by atoms with Crippen LogP contribution in [-0.4, -0.2) is 23.7 Å². The molecule has 5 aromatic rings. The highest BCUT2D eigenvalue weighted by molar-refractivity contribution is 7.92. The van der Waals surface area contributed by atoms with Crippen LogP contribution in [0.5, 0.6) is 0 Å². The Balaban J connectivity index is 1.42. The maximum Gasteiger partial charge on any atom is 0.261 e. The van der Waals surface area contributed by atoms with Crippen molar-refractivity contribution in [2.45, 2.75) is 11.3 Å². The van der Waals surface area contributed by atoms with Crippen LogP contribution in [-0.2, 0) is 16.4 Å². The van der Waals surface area contributed by atoms with E-state index in [1.54, 1.807) is 30.3 Å². The van der Waals surface area contributed by atoms with Crippen LogP contribution in [0.1, 0.15) is 11.6 Å². The Morgan fingerprint density at radius 3 is 2.42 bits per heavy atom. The lowest BCUT2D eigenvalue weighted by Gasteiger charge is -2.13. The van der Waals surface area contributed by atoms with Crippen molar-refractivity contribution in [1.29, 1.82) is 0 Å². The number of aromatic nitrogens is 3. The smallest absolute Gasteiger partial charge is 0.261 e.